The van der Waals surface area contributed by atoms with Crippen LogP contribution < -0.4 is 10.6 Å². The molecule has 0 spiro atoms. The minimum absolute atomic E-state index is 0. The average molecular weight is 291 g/mol. The molecule has 3 nitrogen and oxygen atoms in total. The highest BCUT2D eigenvalue weighted by Crippen LogP contribution is 2.09. The quantitative estimate of drug-likeness (QED) is 0.758. The van der Waals surface area contributed by atoms with Crippen LogP contribution in [0.2, 0.25) is 5.02 Å². The van der Waals surface area contributed by atoms with Gasteiger partial charge in [-0.3, -0.25) is 4.79 Å². The van der Waals surface area contributed by atoms with Gasteiger partial charge in [-0.15, -0.1) is 12.4 Å². The van der Waals surface area contributed by atoms with E-state index in [0.717, 1.165) is 25.1 Å². The molecule has 0 radical (unpaired) electrons. The Bertz CT molecular complexity index is 341. The summed E-state index contributed by atoms with van der Waals surface area (Å²) in [5, 5.41) is 6.79. The van der Waals surface area contributed by atoms with Crippen LogP contribution in [0, 0.1) is 0 Å². The monoisotopic (exact) mass is 290 g/mol. The van der Waals surface area contributed by atoms with Crippen molar-refractivity contribution < 1.29 is 4.79 Å². The van der Waals surface area contributed by atoms with E-state index in [9.17, 15) is 4.79 Å². The molecule has 0 aliphatic carbocycles. The molecule has 0 aliphatic heterocycles. The minimum Gasteiger partial charge on any atom is -0.355 e. The molecule has 0 unspecified atom stereocenters. The Morgan fingerprint density at radius 2 is 1.83 bits per heavy atom. The van der Waals surface area contributed by atoms with Gasteiger partial charge in [-0.1, -0.05) is 30.7 Å². The number of rotatable bonds is 7. The highest BCUT2D eigenvalue weighted by Gasteiger charge is 2.02. The zero-order valence-electron chi connectivity index (χ0n) is 10.5. The van der Waals surface area contributed by atoms with Gasteiger partial charge < -0.3 is 10.6 Å². The van der Waals surface area contributed by atoms with Crippen LogP contribution >= 0.6 is 24.0 Å². The molecule has 1 rings (SSSR count). The van der Waals surface area contributed by atoms with Gasteiger partial charge in [0.15, 0.2) is 0 Å². The van der Waals surface area contributed by atoms with Crippen LogP contribution in [0.15, 0.2) is 24.3 Å². The first-order valence-corrected chi connectivity index (χ1v) is 6.32. The van der Waals surface area contributed by atoms with Gasteiger partial charge in [0.05, 0.1) is 6.42 Å². The van der Waals surface area contributed by atoms with Crippen LogP contribution in [0.4, 0.5) is 0 Å². The van der Waals surface area contributed by atoms with E-state index in [-0.39, 0.29) is 18.3 Å². The summed E-state index contributed by atoms with van der Waals surface area (Å²) in [5.74, 6) is 0.0469. The van der Waals surface area contributed by atoms with Crippen LogP contribution in [0.5, 0.6) is 0 Å². The van der Waals surface area contributed by atoms with E-state index in [1.54, 1.807) is 12.1 Å². The van der Waals surface area contributed by atoms with Crippen LogP contribution in [-0.4, -0.2) is 25.5 Å². The standard InChI is InChI=1S/C13H19ClN2O.ClH/c1-2-7-15-8-9-16-13(17)10-11-3-5-12(14)6-4-11;/h3-6,15H,2,7-10H2,1H3,(H,16,17);1H. The first-order chi connectivity index (χ1) is 8.22. The second-order valence-corrected chi connectivity index (χ2v) is 4.34. The van der Waals surface area contributed by atoms with Crippen LogP contribution in [-0.2, 0) is 11.2 Å². The summed E-state index contributed by atoms with van der Waals surface area (Å²) >= 11 is 5.77. The maximum absolute atomic E-state index is 11.6. The molecule has 0 bridgehead atoms. The second kappa shape index (κ2) is 10.2. The molecule has 1 aromatic carbocycles. The Morgan fingerprint density at radius 1 is 1.17 bits per heavy atom. The fourth-order valence-corrected chi connectivity index (χ4v) is 1.57. The molecular weight excluding hydrogens is 271 g/mol. The molecule has 0 aliphatic rings. The van der Waals surface area contributed by atoms with Gasteiger partial charge in [0, 0.05) is 18.1 Å². The molecule has 2 N–H and O–H groups in total. The SMILES string of the molecule is CCCNCCNC(=O)Cc1ccc(Cl)cc1.Cl. The molecule has 0 aromatic heterocycles. The normalized spacial score (nSPS) is 9.67. The van der Waals surface area contributed by atoms with Crippen molar-refractivity contribution in [3.8, 4) is 0 Å². The Labute approximate surface area is 120 Å². The van der Waals surface area contributed by atoms with Gasteiger partial charge in [0.2, 0.25) is 5.91 Å². The van der Waals surface area contributed by atoms with Crippen molar-refractivity contribution in [1.29, 1.82) is 0 Å². The van der Waals surface area contributed by atoms with Gasteiger partial charge in [0.1, 0.15) is 0 Å². The first kappa shape index (κ1) is 17.2. The van der Waals surface area contributed by atoms with E-state index in [1.165, 1.54) is 0 Å². The summed E-state index contributed by atoms with van der Waals surface area (Å²) in [4.78, 5) is 11.6. The molecular formula is C13H20Cl2N2O. The van der Waals surface area contributed by atoms with Gasteiger partial charge in [-0.2, -0.15) is 0 Å². The van der Waals surface area contributed by atoms with Crippen molar-refractivity contribution in [2.24, 2.45) is 0 Å². The summed E-state index contributed by atoms with van der Waals surface area (Å²) in [7, 11) is 0. The first-order valence-electron chi connectivity index (χ1n) is 5.94. The van der Waals surface area contributed by atoms with Crippen molar-refractivity contribution in [3.63, 3.8) is 0 Å². The Kier molecular flexibility index (Phi) is 9.74. The Balaban J connectivity index is 0.00000289. The van der Waals surface area contributed by atoms with E-state index in [0.29, 0.717) is 18.0 Å². The van der Waals surface area contributed by atoms with Crippen molar-refractivity contribution in [2.75, 3.05) is 19.6 Å². The maximum atomic E-state index is 11.6. The molecule has 0 heterocycles. The lowest BCUT2D eigenvalue weighted by Crippen LogP contribution is -2.32. The number of carbonyl (C=O) groups excluding carboxylic acids is 1. The smallest absolute Gasteiger partial charge is 0.224 e. The van der Waals surface area contributed by atoms with E-state index in [1.807, 2.05) is 12.1 Å². The Hall–Kier alpha value is -0.770. The number of benzene rings is 1. The zero-order valence-corrected chi connectivity index (χ0v) is 12.1. The summed E-state index contributed by atoms with van der Waals surface area (Å²) in [6, 6.07) is 7.34. The Morgan fingerprint density at radius 3 is 2.44 bits per heavy atom. The molecule has 0 atom stereocenters. The third-order valence-electron chi connectivity index (χ3n) is 2.33. The summed E-state index contributed by atoms with van der Waals surface area (Å²) in [5.41, 5.74) is 0.980. The molecule has 0 saturated heterocycles. The van der Waals surface area contributed by atoms with E-state index < -0.39 is 0 Å². The third kappa shape index (κ3) is 7.54. The summed E-state index contributed by atoms with van der Waals surface area (Å²) in [6.07, 6.45) is 1.52. The largest absolute Gasteiger partial charge is 0.355 e. The van der Waals surface area contributed by atoms with Gasteiger partial charge in [-0.25, -0.2) is 0 Å². The van der Waals surface area contributed by atoms with Gasteiger partial charge >= 0.3 is 0 Å². The van der Waals surface area contributed by atoms with Crippen molar-refractivity contribution >= 4 is 29.9 Å². The molecule has 18 heavy (non-hydrogen) atoms. The summed E-state index contributed by atoms with van der Waals surface area (Å²) in [6.45, 7) is 4.60. The maximum Gasteiger partial charge on any atom is 0.224 e. The number of amides is 1. The molecule has 0 fully saturated rings. The van der Waals surface area contributed by atoms with Crippen molar-refractivity contribution in [2.45, 2.75) is 19.8 Å². The zero-order chi connectivity index (χ0) is 12.5. The highest BCUT2D eigenvalue weighted by atomic mass is 35.5. The predicted octanol–water partition coefficient (Wildman–Crippen LogP) is 2.42. The predicted molar refractivity (Wildman–Crippen MR) is 78.6 cm³/mol. The molecule has 102 valence electrons. The number of halogens is 2. The topological polar surface area (TPSA) is 41.1 Å². The number of hydrogen-bond acceptors (Lipinski definition) is 2. The van der Waals surface area contributed by atoms with Crippen molar-refractivity contribution in [1.82, 2.24) is 10.6 Å². The molecule has 5 heteroatoms. The molecule has 1 aromatic rings. The fraction of sp³-hybridized carbons (Fsp3) is 0.462. The van der Waals surface area contributed by atoms with Crippen LogP contribution in [0.1, 0.15) is 18.9 Å². The van der Waals surface area contributed by atoms with E-state index in [2.05, 4.69) is 17.6 Å². The van der Waals surface area contributed by atoms with E-state index in [4.69, 9.17) is 11.6 Å². The van der Waals surface area contributed by atoms with Crippen LogP contribution in [0.3, 0.4) is 0 Å². The molecule has 1 amide bonds. The average Bonchev–Trinajstić information content (AvgIpc) is 2.32. The summed E-state index contributed by atoms with van der Waals surface area (Å²) < 4.78 is 0. The second-order valence-electron chi connectivity index (χ2n) is 3.90. The van der Waals surface area contributed by atoms with Gasteiger partial charge in [0.25, 0.3) is 0 Å². The molecule has 0 saturated carbocycles. The fourth-order valence-electron chi connectivity index (χ4n) is 1.44. The van der Waals surface area contributed by atoms with Gasteiger partial charge in [-0.05, 0) is 30.7 Å². The van der Waals surface area contributed by atoms with E-state index >= 15 is 0 Å². The lowest BCUT2D eigenvalue weighted by molar-refractivity contribution is -0.120. The number of nitrogens with one attached hydrogen (secondary N) is 2. The van der Waals surface area contributed by atoms with Crippen LogP contribution in [0.25, 0.3) is 0 Å². The lowest BCUT2D eigenvalue weighted by atomic mass is 10.1. The van der Waals surface area contributed by atoms with Crippen molar-refractivity contribution in [3.05, 3.63) is 34.9 Å². The third-order valence-corrected chi connectivity index (χ3v) is 2.58. The number of carbonyl (C=O) groups is 1. The lowest BCUT2D eigenvalue weighted by Gasteiger charge is -2.06. The number of hydrogen-bond donors (Lipinski definition) is 2. The minimum atomic E-state index is 0. The highest BCUT2D eigenvalue weighted by molar-refractivity contribution is 6.30.